The molecule has 0 saturated heterocycles. The van der Waals surface area contributed by atoms with Gasteiger partial charge in [-0.05, 0) is 56.0 Å². The molecule has 0 saturated carbocycles. The van der Waals surface area contributed by atoms with Crippen molar-refractivity contribution in [3.8, 4) is 11.5 Å². The zero-order valence-electron chi connectivity index (χ0n) is 14.6. The Bertz CT molecular complexity index is 811. The van der Waals surface area contributed by atoms with Crippen LogP contribution in [0.15, 0.2) is 35.9 Å². The Morgan fingerprint density at radius 2 is 1.50 bits per heavy atom. The van der Waals surface area contributed by atoms with Crippen LogP contribution in [0.25, 0.3) is 6.08 Å². The quantitative estimate of drug-likeness (QED) is 0.779. The monoisotopic (exact) mass is 322 g/mol. The highest BCUT2D eigenvalue weighted by Gasteiger charge is 2.24. The molecule has 0 atom stereocenters. The molecular weight excluding hydrogens is 300 g/mol. The summed E-state index contributed by atoms with van der Waals surface area (Å²) >= 11 is 0. The van der Waals surface area contributed by atoms with Gasteiger partial charge in [-0.1, -0.05) is 29.3 Å². The van der Waals surface area contributed by atoms with Gasteiger partial charge in [-0.2, -0.15) is 0 Å². The number of Topliss-reactive ketones (excluding diaryl/α,β-unsaturated/α-hetero) is 1. The van der Waals surface area contributed by atoms with Gasteiger partial charge in [0, 0.05) is 11.1 Å². The zero-order chi connectivity index (χ0) is 17.3. The summed E-state index contributed by atoms with van der Waals surface area (Å²) in [6.45, 7) is 4.15. The van der Waals surface area contributed by atoms with Crippen LogP contribution in [0.2, 0.25) is 0 Å². The molecule has 3 rings (SSSR count). The molecule has 0 fully saturated rings. The number of carbonyl (C=O) groups is 1. The lowest BCUT2D eigenvalue weighted by Gasteiger charge is -2.20. The summed E-state index contributed by atoms with van der Waals surface area (Å²) in [7, 11) is 3.20. The van der Waals surface area contributed by atoms with E-state index >= 15 is 0 Å². The van der Waals surface area contributed by atoms with Crippen LogP contribution < -0.4 is 9.47 Å². The van der Waals surface area contributed by atoms with E-state index in [4.69, 9.17) is 9.47 Å². The number of aryl methyl sites for hydroxylation is 3. The summed E-state index contributed by atoms with van der Waals surface area (Å²) in [6, 6.07) is 10.1. The lowest BCUT2D eigenvalue weighted by Crippen LogP contribution is -2.14. The van der Waals surface area contributed by atoms with Crippen LogP contribution in [0.5, 0.6) is 11.5 Å². The molecule has 1 aliphatic rings. The first-order valence-electron chi connectivity index (χ1n) is 8.10. The van der Waals surface area contributed by atoms with Crippen LogP contribution in [0.1, 0.15) is 39.0 Å². The molecule has 0 amide bonds. The maximum atomic E-state index is 12.9. The normalized spacial score (nSPS) is 15.3. The van der Waals surface area contributed by atoms with E-state index in [1.165, 1.54) is 11.1 Å². The summed E-state index contributed by atoms with van der Waals surface area (Å²) in [5.41, 5.74) is 6.08. The van der Waals surface area contributed by atoms with Gasteiger partial charge in [0.15, 0.2) is 17.3 Å². The first-order chi connectivity index (χ1) is 11.5. The van der Waals surface area contributed by atoms with Crippen molar-refractivity contribution in [3.05, 3.63) is 63.7 Å². The number of hydrogen-bond donors (Lipinski definition) is 0. The minimum absolute atomic E-state index is 0.0800. The molecule has 2 aromatic carbocycles. The fraction of sp³-hybridized carbons (Fsp3) is 0.286. The van der Waals surface area contributed by atoms with Gasteiger partial charge in [0.2, 0.25) is 0 Å². The van der Waals surface area contributed by atoms with Gasteiger partial charge in [-0.15, -0.1) is 0 Å². The first-order valence-corrected chi connectivity index (χ1v) is 8.10. The standard InChI is InChI=1S/C21H22O3/c1-13-7-14(2)9-15(8-13)10-17-6-5-16-11-19(23-3)20(24-4)12-18(16)21(17)22/h7-12H,5-6H2,1-4H3. The maximum Gasteiger partial charge on any atom is 0.189 e. The molecule has 0 heterocycles. The van der Waals surface area contributed by atoms with Crippen LogP contribution in [0.4, 0.5) is 0 Å². The summed E-state index contributed by atoms with van der Waals surface area (Å²) in [4.78, 5) is 12.9. The molecule has 0 unspecified atom stereocenters. The maximum absolute atomic E-state index is 12.9. The van der Waals surface area contributed by atoms with Crippen molar-refractivity contribution in [1.29, 1.82) is 0 Å². The Morgan fingerprint density at radius 3 is 2.12 bits per heavy atom. The molecule has 3 nitrogen and oxygen atoms in total. The number of rotatable bonds is 3. The molecule has 0 N–H and O–H groups in total. The van der Waals surface area contributed by atoms with Crippen molar-refractivity contribution in [2.45, 2.75) is 26.7 Å². The smallest absolute Gasteiger partial charge is 0.189 e. The third-order valence-electron chi connectivity index (χ3n) is 4.39. The van der Waals surface area contributed by atoms with E-state index in [1.54, 1.807) is 20.3 Å². The second-order valence-electron chi connectivity index (χ2n) is 6.28. The Morgan fingerprint density at radius 1 is 0.875 bits per heavy atom. The van der Waals surface area contributed by atoms with Crippen LogP contribution >= 0.6 is 0 Å². The van der Waals surface area contributed by atoms with Gasteiger partial charge >= 0.3 is 0 Å². The topological polar surface area (TPSA) is 35.5 Å². The van der Waals surface area contributed by atoms with E-state index in [0.717, 1.165) is 35.1 Å². The van der Waals surface area contributed by atoms with Crippen LogP contribution in [0.3, 0.4) is 0 Å². The molecule has 0 radical (unpaired) electrons. The fourth-order valence-electron chi connectivity index (χ4n) is 3.33. The number of fused-ring (bicyclic) bond motifs is 1. The van der Waals surface area contributed by atoms with Crippen molar-refractivity contribution in [2.75, 3.05) is 14.2 Å². The molecule has 0 aromatic heterocycles. The van der Waals surface area contributed by atoms with Crippen LogP contribution in [-0.4, -0.2) is 20.0 Å². The number of hydrogen-bond acceptors (Lipinski definition) is 3. The van der Waals surface area contributed by atoms with Crippen LogP contribution in [0, 0.1) is 13.8 Å². The summed E-state index contributed by atoms with van der Waals surface area (Å²) in [6.07, 6.45) is 3.59. The SMILES string of the molecule is COc1cc2c(cc1OC)C(=O)C(=Cc1cc(C)cc(C)c1)CC2. The number of ether oxygens (including phenoxy) is 2. The molecule has 24 heavy (non-hydrogen) atoms. The molecule has 0 bridgehead atoms. The summed E-state index contributed by atoms with van der Waals surface area (Å²) < 4.78 is 10.7. The number of allylic oxidation sites excluding steroid dienone is 1. The van der Waals surface area contributed by atoms with E-state index in [9.17, 15) is 4.79 Å². The van der Waals surface area contributed by atoms with Crippen molar-refractivity contribution in [2.24, 2.45) is 0 Å². The van der Waals surface area contributed by atoms with E-state index < -0.39 is 0 Å². The lowest BCUT2D eigenvalue weighted by atomic mass is 9.85. The number of methoxy groups -OCH3 is 2. The molecule has 0 aliphatic heterocycles. The van der Waals surface area contributed by atoms with E-state index in [2.05, 4.69) is 32.0 Å². The van der Waals surface area contributed by atoms with E-state index in [0.29, 0.717) is 11.5 Å². The molecule has 1 aliphatic carbocycles. The minimum atomic E-state index is 0.0800. The Hall–Kier alpha value is -2.55. The van der Waals surface area contributed by atoms with Gasteiger partial charge < -0.3 is 9.47 Å². The average Bonchev–Trinajstić information content (AvgIpc) is 2.55. The van der Waals surface area contributed by atoms with Crippen molar-refractivity contribution in [3.63, 3.8) is 0 Å². The van der Waals surface area contributed by atoms with Gasteiger partial charge in [-0.3, -0.25) is 4.79 Å². The number of carbonyl (C=O) groups excluding carboxylic acids is 1. The van der Waals surface area contributed by atoms with Crippen molar-refractivity contribution < 1.29 is 14.3 Å². The third kappa shape index (κ3) is 3.07. The Kier molecular flexibility index (Phi) is 4.43. The third-order valence-corrected chi connectivity index (χ3v) is 4.39. The molecule has 124 valence electrons. The summed E-state index contributed by atoms with van der Waals surface area (Å²) in [5, 5.41) is 0. The number of ketones is 1. The highest BCUT2D eigenvalue weighted by atomic mass is 16.5. The molecule has 0 spiro atoms. The predicted octanol–water partition coefficient (Wildman–Crippen LogP) is 4.53. The van der Waals surface area contributed by atoms with E-state index in [-0.39, 0.29) is 5.78 Å². The average molecular weight is 322 g/mol. The zero-order valence-corrected chi connectivity index (χ0v) is 14.6. The van der Waals surface area contributed by atoms with Gasteiger partial charge in [0.05, 0.1) is 14.2 Å². The molecule has 3 heteroatoms. The van der Waals surface area contributed by atoms with Crippen molar-refractivity contribution >= 4 is 11.9 Å². The second kappa shape index (κ2) is 6.52. The Labute approximate surface area is 142 Å². The fourth-order valence-corrected chi connectivity index (χ4v) is 3.33. The lowest BCUT2D eigenvalue weighted by molar-refractivity contribution is 0.102. The van der Waals surface area contributed by atoms with Gasteiger partial charge in [-0.25, -0.2) is 0 Å². The largest absolute Gasteiger partial charge is 0.493 e. The molecular formula is C21H22O3. The van der Waals surface area contributed by atoms with Crippen molar-refractivity contribution in [1.82, 2.24) is 0 Å². The Balaban J connectivity index is 2.01. The summed E-state index contributed by atoms with van der Waals surface area (Å²) in [5.74, 6) is 1.35. The minimum Gasteiger partial charge on any atom is -0.493 e. The predicted molar refractivity (Wildman–Crippen MR) is 96.1 cm³/mol. The first kappa shape index (κ1) is 16.3. The second-order valence-corrected chi connectivity index (χ2v) is 6.28. The molecule has 2 aromatic rings. The van der Waals surface area contributed by atoms with Crippen LogP contribution in [-0.2, 0) is 6.42 Å². The highest BCUT2D eigenvalue weighted by molar-refractivity contribution is 6.13. The van der Waals surface area contributed by atoms with Gasteiger partial charge in [0.1, 0.15) is 0 Å². The van der Waals surface area contributed by atoms with E-state index in [1.807, 2.05) is 12.1 Å². The van der Waals surface area contributed by atoms with Gasteiger partial charge in [0.25, 0.3) is 0 Å². The highest BCUT2D eigenvalue weighted by Crippen LogP contribution is 2.35. The number of benzene rings is 2.